The summed E-state index contributed by atoms with van der Waals surface area (Å²) in [5.41, 5.74) is 0. The Morgan fingerprint density at radius 2 is 0.487 bits per heavy atom. The fourth-order valence-electron chi connectivity index (χ4n) is 9.93. The molecule has 0 aromatic heterocycles. The number of allylic oxidation sites excluding steroid dienone is 14. The molecule has 0 aliphatic heterocycles. The van der Waals surface area contributed by atoms with Crippen LogP contribution in [0.1, 0.15) is 348 Å². The van der Waals surface area contributed by atoms with E-state index >= 15 is 0 Å². The van der Waals surface area contributed by atoms with Crippen molar-refractivity contribution in [2.45, 2.75) is 354 Å². The number of hydrogen-bond acceptors (Lipinski definition) is 6. The zero-order valence-corrected chi connectivity index (χ0v) is 53.1. The van der Waals surface area contributed by atoms with Gasteiger partial charge >= 0.3 is 17.9 Å². The van der Waals surface area contributed by atoms with Gasteiger partial charge in [0.2, 0.25) is 0 Å². The van der Waals surface area contributed by atoms with Crippen molar-refractivity contribution in [3.63, 3.8) is 0 Å². The zero-order chi connectivity index (χ0) is 57.8. The van der Waals surface area contributed by atoms with Gasteiger partial charge in [-0.15, -0.1) is 0 Å². The summed E-state index contributed by atoms with van der Waals surface area (Å²) in [4.78, 5) is 38.4. The molecule has 0 bridgehead atoms. The highest BCUT2D eigenvalue weighted by atomic mass is 16.6. The van der Waals surface area contributed by atoms with Gasteiger partial charge in [-0.25, -0.2) is 0 Å². The maximum atomic E-state index is 12.9. The Kier molecular flexibility index (Phi) is 65.2. The van der Waals surface area contributed by atoms with Crippen LogP contribution < -0.4 is 0 Å². The van der Waals surface area contributed by atoms with E-state index in [0.29, 0.717) is 19.3 Å². The van der Waals surface area contributed by atoms with E-state index in [0.717, 1.165) is 96.3 Å². The van der Waals surface area contributed by atoms with Crippen molar-refractivity contribution in [3.05, 3.63) is 85.1 Å². The summed E-state index contributed by atoms with van der Waals surface area (Å²) in [5.74, 6) is -0.880. The van der Waals surface area contributed by atoms with Crippen molar-refractivity contribution >= 4 is 17.9 Å². The van der Waals surface area contributed by atoms with Crippen LogP contribution in [0.4, 0.5) is 0 Å². The van der Waals surface area contributed by atoms with Crippen LogP contribution in [0.2, 0.25) is 0 Å². The lowest BCUT2D eigenvalue weighted by molar-refractivity contribution is -0.167. The van der Waals surface area contributed by atoms with Gasteiger partial charge in [-0.05, 0) is 116 Å². The first-order valence-corrected chi connectivity index (χ1v) is 34.6. The summed E-state index contributed by atoms with van der Waals surface area (Å²) < 4.78 is 17.0. The lowest BCUT2D eigenvalue weighted by Gasteiger charge is -2.18. The number of esters is 3. The molecule has 6 nitrogen and oxygen atoms in total. The van der Waals surface area contributed by atoms with Gasteiger partial charge in [0, 0.05) is 19.3 Å². The molecule has 1 atom stereocenters. The van der Waals surface area contributed by atoms with E-state index in [9.17, 15) is 14.4 Å². The minimum Gasteiger partial charge on any atom is -0.462 e. The Morgan fingerprint density at radius 3 is 0.775 bits per heavy atom. The summed E-state index contributed by atoms with van der Waals surface area (Å²) in [6.07, 6.45) is 90.3. The number of carbonyl (C=O) groups is 3. The van der Waals surface area contributed by atoms with Gasteiger partial charge in [0.05, 0.1) is 0 Å². The van der Waals surface area contributed by atoms with Crippen LogP contribution in [0.25, 0.3) is 0 Å². The molecule has 0 aliphatic carbocycles. The second-order valence-electron chi connectivity index (χ2n) is 23.1. The Balaban J connectivity index is 4.32. The topological polar surface area (TPSA) is 78.9 Å². The van der Waals surface area contributed by atoms with Crippen LogP contribution >= 0.6 is 0 Å². The monoisotopic (exact) mass is 1110 g/mol. The maximum Gasteiger partial charge on any atom is 0.306 e. The molecule has 80 heavy (non-hydrogen) atoms. The first kappa shape index (κ1) is 76.6. The van der Waals surface area contributed by atoms with Gasteiger partial charge in [-0.3, -0.25) is 14.4 Å². The second-order valence-corrected chi connectivity index (χ2v) is 23.1. The van der Waals surface area contributed by atoms with Gasteiger partial charge < -0.3 is 14.2 Å². The highest BCUT2D eigenvalue weighted by molar-refractivity contribution is 5.71. The Hall–Kier alpha value is -3.41. The molecule has 6 heteroatoms. The smallest absolute Gasteiger partial charge is 0.306 e. The quantitative estimate of drug-likeness (QED) is 0.0261. The van der Waals surface area contributed by atoms with Crippen molar-refractivity contribution in [3.8, 4) is 0 Å². The van der Waals surface area contributed by atoms with Crippen molar-refractivity contribution < 1.29 is 28.6 Å². The third kappa shape index (κ3) is 65.4. The maximum absolute atomic E-state index is 12.9. The van der Waals surface area contributed by atoms with E-state index in [1.54, 1.807) is 0 Å². The summed E-state index contributed by atoms with van der Waals surface area (Å²) in [6, 6.07) is 0. The molecule has 0 N–H and O–H groups in total. The summed E-state index contributed by atoms with van der Waals surface area (Å²) in [6.45, 7) is 6.55. The molecule has 0 aliphatic rings. The third-order valence-electron chi connectivity index (χ3n) is 15.1. The minimum atomic E-state index is -0.786. The molecular formula is C74H130O6. The van der Waals surface area contributed by atoms with Crippen molar-refractivity contribution in [2.24, 2.45) is 0 Å². The number of carbonyl (C=O) groups excluding carboxylic acids is 3. The molecule has 0 aromatic rings. The first-order valence-electron chi connectivity index (χ1n) is 34.6. The molecule has 0 saturated heterocycles. The molecule has 1 unspecified atom stereocenters. The van der Waals surface area contributed by atoms with Crippen LogP contribution in [0.3, 0.4) is 0 Å². The molecule has 0 fully saturated rings. The number of rotatable bonds is 63. The van der Waals surface area contributed by atoms with Crippen LogP contribution in [-0.2, 0) is 28.6 Å². The van der Waals surface area contributed by atoms with E-state index < -0.39 is 6.10 Å². The number of hydrogen-bond donors (Lipinski definition) is 0. The summed E-state index contributed by atoms with van der Waals surface area (Å²) in [5, 5.41) is 0. The van der Waals surface area contributed by atoms with Gasteiger partial charge in [0.1, 0.15) is 13.2 Å². The van der Waals surface area contributed by atoms with Crippen LogP contribution in [-0.4, -0.2) is 37.2 Å². The predicted octanol–water partition coefficient (Wildman–Crippen LogP) is 23.8. The average Bonchev–Trinajstić information content (AvgIpc) is 3.46. The normalized spacial score (nSPS) is 12.6. The highest BCUT2D eigenvalue weighted by Gasteiger charge is 2.19. The summed E-state index contributed by atoms with van der Waals surface area (Å²) in [7, 11) is 0. The standard InChI is InChI=1S/C74H130O6/c1-4-7-10-13-16-19-22-25-28-31-33-34-35-36-37-38-39-40-41-44-46-49-52-55-58-61-64-67-73(76)79-70-71(69-78-72(75)66-63-60-57-54-51-48-45-42-30-27-24-21-18-15-12-9-6-3)80-74(77)68-65-62-59-56-53-50-47-43-32-29-26-23-20-17-14-11-8-5-2/h9,12,18,21-22,25,27,29-33,35-36,71H,4-8,10-11,13-17,19-20,23-24,26,28,34,37-70H2,1-3H3/b12-9-,21-18-,25-22-,30-27-,32-29-,33-31-,36-35-. The molecule has 0 spiro atoms. The van der Waals surface area contributed by atoms with E-state index in [1.807, 2.05) is 0 Å². The minimum absolute atomic E-state index is 0.0807. The van der Waals surface area contributed by atoms with Crippen LogP contribution in [0.5, 0.6) is 0 Å². The van der Waals surface area contributed by atoms with Crippen molar-refractivity contribution in [1.29, 1.82) is 0 Å². The Labute approximate surface area is 496 Å². The largest absolute Gasteiger partial charge is 0.462 e. The SMILES string of the molecule is CC/C=C\C/C=C\C/C=C\CCCCCCCCCC(=O)OCC(COC(=O)CCCCCCCCCCCCCC/C=C\C/C=C\C/C=C\CCCCCCC)OC(=O)CCCCCCCCC/C=C\CCCCCCCCC. The average molecular weight is 1120 g/mol. The predicted molar refractivity (Wildman–Crippen MR) is 348 cm³/mol. The third-order valence-corrected chi connectivity index (χ3v) is 15.1. The Morgan fingerprint density at radius 1 is 0.263 bits per heavy atom. The van der Waals surface area contributed by atoms with Crippen LogP contribution in [0, 0.1) is 0 Å². The van der Waals surface area contributed by atoms with E-state index in [4.69, 9.17) is 14.2 Å². The van der Waals surface area contributed by atoms with Crippen molar-refractivity contribution in [2.75, 3.05) is 13.2 Å². The second kappa shape index (κ2) is 68.1. The van der Waals surface area contributed by atoms with Crippen molar-refractivity contribution in [1.82, 2.24) is 0 Å². The van der Waals surface area contributed by atoms with Gasteiger partial charge in [0.15, 0.2) is 6.10 Å². The number of ether oxygens (including phenoxy) is 3. The molecular weight excluding hydrogens is 985 g/mol. The zero-order valence-electron chi connectivity index (χ0n) is 53.1. The molecule has 0 heterocycles. The molecule has 462 valence electrons. The van der Waals surface area contributed by atoms with Gasteiger partial charge in [-0.1, -0.05) is 298 Å². The highest BCUT2D eigenvalue weighted by Crippen LogP contribution is 2.17. The lowest BCUT2D eigenvalue weighted by Crippen LogP contribution is -2.30. The van der Waals surface area contributed by atoms with Gasteiger partial charge in [-0.2, -0.15) is 0 Å². The van der Waals surface area contributed by atoms with Crippen LogP contribution in [0.15, 0.2) is 85.1 Å². The Bertz CT molecular complexity index is 1520. The summed E-state index contributed by atoms with van der Waals surface area (Å²) >= 11 is 0. The fraction of sp³-hybridized carbons (Fsp3) is 0.770. The molecule has 0 aromatic carbocycles. The van der Waals surface area contributed by atoms with E-state index in [1.165, 1.54) is 212 Å². The number of unbranched alkanes of at least 4 members (excludes halogenated alkanes) is 38. The molecule has 0 rings (SSSR count). The van der Waals surface area contributed by atoms with E-state index in [2.05, 4.69) is 106 Å². The lowest BCUT2D eigenvalue weighted by atomic mass is 10.0. The first-order chi connectivity index (χ1) is 39.5. The van der Waals surface area contributed by atoms with Gasteiger partial charge in [0.25, 0.3) is 0 Å². The molecule has 0 amide bonds. The molecule has 0 radical (unpaired) electrons. The fourth-order valence-corrected chi connectivity index (χ4v) is 9.93. The molecule has 0 saturated carbocycles. The van der Waals surface area contributed by atoms with E-state index in [-0.39, 0.29) is 31.1 Å².